The number of hydrogen-bond donors (Lipinski definition) is 0. The van der Waals surface area contributed by atoms with Crippen LogP contribution < -0.4 is 0 Å². The third-order valence-corrected chi connectivity index (χ3v) is 20.5. The van der Waals surface area contributed by atoms with E-state index >= 15 is 0 Å². The summed E-state index contributed by atoms with van der Waals surface area (Å²) in [5.74, 6) is 0. The second-order valence-electron chi connectivity index (χ2n) is 24.0. The average molecular weight is 955 g/mol. The maximum absolute atomic E-state index is 7.47. The summed E-state index contributed by atoms with van der Waals surface area (Å²) in [6.07, 6.45) is 0. The predicted octanol–water partition coefficient (Wildman–Crippen LogP) is 20.1. The Morgan fingerprint density at radius 1 is 0.314 bits per heavy atom. The molecule has 0 aliphatic heterocycles. The molecular formula is C62H56N2O4P2. The van der Waals surface area contributed by atoms with Gasteiger partial charge in [0.05, 0.1) is 52.8 Å². The van der Waals surface area contributed by atoms with E-state index in [4.69, 9.17) is 17.7 Å². The molecule has 6 aromatic heterocycles. The number of nitrogens with zero attached hydrogens (tertiary/aromatic N) is 2. The summed E-state index contributed by atoms with van der Waals surface area (Å²) in [7, 11) is -2.23. The predicted molar refractivity (Wildman–Crippen MR) is 298 cm³/mol. The number of fused-ring (bicyclic) bond motifs is 3. The van der Waals surface area contributed by atoms with Crippen molar-refractivity contribution in [1.82, 2.24) is 9.13 Å². The lowest BCUT2D eigenvalue weighted by Gasteiger charge is -2.27. The van der Waals surface area contributed by atoms with Crippen LogP contribution in [0.3, 0.4) is 0 Å². The number of aromatic nitrogens is 2. The minimum atomic E-state index is -1.11. The molecule has 0 N–H and O–H groups in total. The smallest absolute Gasteiger partial charge is 0.143 e. The molecule has 0 fully saturated rings. The lowest BCUT2D eigenvalue weighted by molar-refractivity contribution is 0.583. The zero-order chi connectivity index (χ0) is 48.3. The van der Waals surface area contributed by atoms with E-state index in [-0.39, 0.29) is 21.7 Å². The fourth-order valence-electron chi connectivity index (χ4n) is 11.4. The molecule has 8 heteroatoms. The molecule has 8 aromatic carbocycles. The lowest BCUT2D eigenvalue weighted by atomic mass is 9.87. The molecule has 0 bridgehead atoms. The molecule has 14 rings (SSSR count). The second-order valence-corrected chi connectivity index (χ2v) is 28.0. The van der Waals surface area contributed by atoms with Crippen molar-refractivity contribution in [3.05, 3.63) is 144 Å². The van der Waals surface area contributed by atoms with E-state index in [1.807, 2.05) is 0 Å². The Hall–Kier alpha value is -6.58. The molecule has 348 valence electrons. The minimum absolute atomic E-state index is 0.00822. The van der Waals surface area contributed by atoms with Gasteiger partial charge in [0.2, 0.25) is 0 Å². The average Bonchev–Trinajstić information content (AvgIpc) is 3.30. The first-order valence-corrected chi connectivity index (χ1v) is 27.3. The van der Waals surface area contributed by atoms with Crippen molar-refractivity contribution < 1.29 is 17.7 Å². The molecule has 14 aromatic rings. The molecule has 0 radical (unpaired) electrons. The number of hydrogen-bond acceptors (Lipinski definition) is 4. The van der Waals surface area contributed by atoms with Crippen LogP contribution in [0.2, 0.25) is 0 Å². The first kappa shape index (κ1) is 42.3. The summed E-state index contributed by atoms with van der Waals surface area (Å²) in [4.78, 5) is 0. The van der Waals surface area contributed by atoms with E-state index in [9.17, 15) is 0 Å². The molecule has 0 saturated heterocycles. The Balaban J connectivity index is 1.28. The van der Waals surface area contributed by atoms with E-state index in [0.717, 1.165) is 99.1 Å². The summed E-state index contributed by atoms with van der Waals surface area (Å²) in [6, 6.07) is 45.5. The fraction of sp³-hybridized carbons (Fsp3) is 0.258. The molecule has 2 unspecified atom stereocenters. The Morgan fingerprint density at radius 3 is 0.957 bits per heavy atom. The van der Waals surface area contributed by atoms with E-state index in [0.29, 0.717) is 0 Å². The van der Waals surface area contributed by atoms with Gasteiger partial charge >= 0.3 is 0 Å². The van der Waals surface area contributed by atoms with Gasteiger partial charge in [-0.25, -0.2) is 0 Å². The van der Waals surface area contributed by atoms with Crippen molar-refractivity contribution in [2.24, 2.45) is 0 Å². The first-order chi connectivity index (χ1) is 33.2. The monoisotopic (exact) mass is 954 g/mol. The highest BCUT2D eigenvalue weighted by Crippen LogP contribution is 2.60. The summed E-state index contributed by atoms with van der Waals surface area (Å²) in [6.45, 7) is 27.3. The van der Waals surface area contributed by atoms with Gasteiger partial charge in [-0.05, 0) is 129 Å². The minimum Gasteiger partial charge on any atom is -0.455 e. The van der Waals surface area contributed by atoms with Gasteiger partial charge in [-0.15, -0.1) is 0 Å². The highest BCUT2D eigenvalue weighted by atomic mass is 31.1. The normalized spacial score (nSPS) is 14.2. The van der Waals surface area contributed by atoms with Crippen molar-refractivity contribution in [3.63, 3.8) is 0 Å². The van der Waals surface area contributed by atoms with Crippen molar-refractivity contribution in [1.29, 1.82) is 0 Å². The molecule has 0 aliphatic rings. The summed E-state index contributed by atoms with van der Waals surface area (Å²) >= 11 is 0. The van der Waals surface area contributed by atoms with Crippen molar-refractivity contribution in [3.8, 4) is 11.4 Å². The molecule has 6 heterocycles. The van der Waals surface area contributed by atoms with Gasteiger partial charge in [-0.2, -0.15) is 0 Å². The first-order valence-electron chi connectivity index (χ1n) is 24.7. The highest BCUT2D eigenvalue weighted by Gasteiger charge is 2.31. The van der Waals surface area contributed by atoms with Crippen LogP contribution >= 0.6 is 14.7 Å². The summed E-state index contributed by atoms with van der Waals surface area (Å²) in [5.41, 5.74) is 18.5. The third kappa shape index (κ3) is 5.75. The van der Waals surface area contributed by atoms with E-state index in [1.54, 1.807) is 0 Å². The summed E-state index contributed by atoms with van der Waals surface area (Å²) < 4.78 is 34.0. The Morgan fingerprint density at radius 2 is 0.629 bits per heavy atom. The van der Waals surface area contributed by atoms with Crippen LogP contribution in [0.5, 0.6) is 0 Å². The summed E-state index contributed by atoms with van der Waals surface area (Å²) in [5, 5.41) is 9.41. The Bertz CT molecular complexity index is 4250. The van der Waals surface area contributed by atoms with Gasteiger partial charge in [0.15, 0.2) is 0 Å². The topological polar surface area (TPSA) is 62.4 Å². The molecule has 0 spiro atoms. The molecule has 0 aliphatic carbocycles. The molecule has 6 nitrogen and oxygen atoms in total. The largest absolute Gasteiger partial charge is 0.455 e. The van der Waals surface area contributed by atoms with Crippen molar-refractivity contribution in [2.45, 2.75) is 105 Å². The SMILES string of the molecule is CC(C)(C)c1ccc(-n2c3cccc4oc5cc(C(C)(C)C)cc6oc7cc8c(cc9oc%10cc(C(C)(C)C)cc%11oc%12cccc%13c%12p(c%11%10)c9c8n%13-c8ccc(C(C)(C)C)cc8)c2c7p(c56)c43)cc1. The molecule has 70 heavy (non-hydrogen) atoms. The van der Waals surface area contributed by atoms with Gasteiger partial charge in [0.25, 0.3) is 0 Å². The lowest BCUT2D eigenvalue weighted by Crippen LogP contribution is -2.11. The molecule has 2 atom stereocenters. The van der Waals surface area contributed by atoms with E-state index in [2.05, 4.69) is 214 Å². The molecule has 0 amide bonds. The van der Waals surface area contributed by atoms with Crippen LogP contribution in [-0.4, -0.2) is 9.13 Å². The van der Waals surface area contributed by atoms with E-state index < -0.39 is 14.7 Å². The van der Waals surface area contributed by atoms with Gasteiger partial charge in [-0.1, -0.05) is 134 Å². The second kappa shape index (κ2) is 13.6. The van der Waals surface area contributed by atoms with Crippen LogP contribution in [0.1, 0.15) is 105 Å². The van der Waals surface area contributed by atoms with Gasteiger partial charge < -0.3 is 26.8 Å². The maximum Gasteiger partial charge on any atom is 0.143 e. The number of benzene rings is 8. The van der Waals surface area contributed by atoms with Gasteiger partial charge in [0.1, 0.15) is 44.7 Å². The van der Waals surface area contributed by atoms with Crippen LogP contribution in [0, 0.1) is 0 Å². The zero-order valence-corrected chi connectivity index (χ0v) is 43.8. The third-order valence-electron chi connectivity index (χ3n) is 15.2. The highest BCUT2D eigenvalue weighted by molar-refractivity contribution is 7.64. The molecular weight excluding hydrogens is 899 g/mol. The van der Waals surface area contributed by atoms with Crippen LogP contribution in [0.25, 0.3) is 120 Å². The Kier molecular flexibility index (Phi) is 8.24. The van der Waals surface area contributed by atoms with Gasteiger partial charge in [-0.3, -0.25) is 0 Å². The maximum atomic E-state index is 7.47. The van der Waals surface area contributed by atoms with Crippen LogP contribution in [0.4, 0.5) is 0 Å². The van der Waals surface area contributed by atoms with Gasteiger partial charge in [0, 0.05) is 22.1 Å². The quantitative estimate of drug-likeness (QED) is 0.128. The Labute approximate surface area is 407 Å². The zero-order valence-electron chi connectivity index (χ0n) is 42.0. The van der Waals surface area contributed by atoms with Crippen LogP contribution in [0.15, 0.2) is 139 Å². The van der Waals surface area contributed by atoms with E-state index in [1.165, 1.54) is 42.7 Å². The number of rotatable bonds is 2. The standard InChI is InChI=1S/C62H56N2O4P2/c1-59(2,3)33-19-23-37(24-20-33)63-41-15-13-17-43-53(41)69-55-45(65-43)27-35(61(7,8)9)29-47(55)67-49-32-40-39(51(63)57(49)69)31-50-58-52(40)64(38-25-21-34(22-26-38)60(4,5)6)42-16-14-18-44-54(42)70(58)56-46(66-44)28-36(62(10,11)12)30-48(56)68-50/h13-32H,1-12H3. The van der Waals surface area contributed by atoms with Crippen molar-refractivity contribution >= 4 is 123 Å². The molecule has 0 saturated carbocycles. The fourth-order valence-corrected chi connectivity index (χ4v) is 17.1. The van der Waals surface area contributed by atoms with Crippen molar-refractivity contribution in [2.75, 3.05) is 0 Å². The van der Waals surface area contributed by atoms with Crippen LogP contribution in [-0.2, 0) is 21.7 Å².